The van der Waals surface area contributed by atoms with Gasteiger partial charge in [0.25, 0.3) is 0 Å². The summed E-state index contributed by atoms with van der Waals surface area (Å²) >= 11 is 8.02. The van der Waals surface area contributed by atoms with E-state index < -0.39 is 5.54 Å². The molecule has 0 spiro atoms. The van der Waals surface area contributed by atoms with Crippen molar-refractivity contribution in [2.75, 3.05) is 6.26 Å². The summed E-state index contributed by atoms with van der Waals surface area (Å²) in [7, 11) is 0. The predicted octanol–water partition coefficient (Wildman–Crippen LogP) is 5.74. The van der Waals surface area contributed by atoms with E-state index in [4.69, 9.17) is 21.9 Å². The number of nitrogens with zero attached hydrogens (tertiary/aromatic N) is 5. The van der Waals surface area contributed by atoms with Gasteiger partial charge in [0.05, 0.1) is 10.9 Å². The molecule has 138 valence electrons. The molecule has 6 nitrogen and oxygen atoms in total. The molecule has 0 aliphatic heterocycles. The van der Waals surface area contributed by atoms with Crippen molar-refractivity contribution in [1.29, 1.82) is 0 Å². The summed E-state index contributed by atoms with van der Waals surface area (Å²) in [6, 6.07) is 1.79. The minimum Gasteiger partial charge on any atom is -0.474 e. The number of azide groups is 1. The van der Waals surface area contributed by atoms with Gasteiger partial charge in [-0.05, 0) is 48.6 Å². The van der Waals surface area contributed by atoms with Gasteiger partial charge in [0.15, 0.2) is 0 Å². The third-order valence-electron chi connectivity index (χ3n) is 5.44. The number of ether oxygens (including phenoxy) is 1. The van der Waals surface area contributed by atoms with Gasteiger partial charge < -0.3 is 4.74 Å². The van der Waals surface area contributed by atoms with Crippen molar-refractivity contribution in [3.63, 3.8) is 0 Å². The first-order valence-corrected chi connectivity index (χ1v) is 10.3. The van der Waals surface area contributed by atoms with Crippen LogP contribution in [0.1, 0.15) is 39.2 Å². The maximum atomic E-state index is 8.98. The molecule has 0 N–H and O–H groups in total. The fourth-order valence-corrected chi connectivity index (χ4v) is 4.48. The van der Waals surface area contributed by atoms with Crippen LogP contribution in [0.25, 0.3) is 21.2 Å². The minimum absolute atomic E-state index is 0.152. The lowest BCUT2D eigenvalue weighted by Gasteiger charge is -2.41. The van der Waals surface area contributed by atoms with E-state index in [1.54, 1.807) is 18.5 Å². The largest absolute Gasteiger partial charge is 0.474 e. The molecule has 2 aromatic rings. The Kier molecular flexibility index (Phi) is 5.51. The summed E-state index contributed by atoms with van der Waals surface area (Å²) in [6.45, 7) is 6.08. The number of hydrogen-bond donors (Lipinski definition) is 0. The number of rotatable bonds is 6. The zero-order valence-electron chi connectivity index (χ0n) is 15.3. The zero-order chi connectivity index (χ0) is 18.9. The first-order chi connectivity index (χ1) is 12.4. The van der Waals surface area contributed by atoms with E-state index in [1.807, 2.05) is 25.6 Å². The second-order valence-corrected chi connectivity index (χ2v) is 8.34. The molecule has 0 amide bonds. The van der Waals surface area contributed by atoms with Gasteiger partial charge in [-0.15, -0.1) is 0 Å². The predicted molar refractivity (Wildman–Crippen MR) is 107 cm³/mol. The molecule has 26 heavy (non-hydrogen) atoms. The van der Waals surface area contributed by atoms with Gasteiger partial charge in [-0.2, -0.15) is 11.8 Å². The highest BCUT2D eigenvalue weighted by Gasteiger charge is 2.39. The first kappa shape index (κ1) is 19.1. The van der Waals surface area contributed by atoms with Crippen LogP contribution < -0.4 is 4.74 Å². The minimum atomic E-state index is -0.711. The molecular formula is C18H22ClN5OS. The zero-order valence-corrected chi connectivity index (χ0v) is 16.9. The Hall–Kier alpha value is -1.69. The molecule has 2 aromatic heterocycles. The number of pyridine rings is 2. The fourth-order valence-electron chi connectivity index (χ4n) is 3.33. The number of thioether (sulfide) groups is 1. The van der Waals surface area contributed by atoms with Crippen LogP contribution in [0.3, 0.4) is 0 Å². The third kappa shape index (κ3) is 3.31. The van der Waals surface area contributed by atoms with Crippen molar-refractivity contribution in [3.8, 4) is 5.88 Å². The molecular weight excluding hydrogens is 370 g/mol. The van der Waals surface area contributed by atoms with Crippen LogP contribution in [0.2, 0.25) is 5.15 Å². The number of halogens is 1. The summed E-state index contributed by atoms with van der Waals surface area (Å²) in [6.07, 6.45) is 7.36. The van der Waals surface area contributed by atoms with Gasteiger partial charge in [-0.1, -0.05) is 30.6 Å². The molecule has 8 heteroatoms. The van der Waals surface area contributed by atoms with Crippen molar-refractivity contribution < 1.29 is 4.74 Å². The lowest BCUT2D eigenvalue weighted by Crippen LogP contribution is -2.45. The molecule has 1 saturated carbocycles. The van der Waals surface area contributed by atoms with E-state index >= 15 is 0 Å². The van der Waals surface area contributed by atoms with Gasteiger partial charge in [0, 0.05) is 28.5 Å². The molecule has 2 heterocycles. The van der Waals surface area contributed by atoms with Crippen LogP contribution in [0, 0.1) is 5.92 Å². The van der Waals surface area contributed by atoms with E-state index in [0.717, 1.165) is 22.8 Å². The lowest BCUT2D eigenvalue weighted by atomic mass is 9.82. The molecule has 1 aliphatic rings. The van der Waals surface area contributed by atoms with E-state index in [0.29, 0.717) is 28.6 Å². The van der Waals surface area contributed by atoms with Crippen molar-refractivity contribution in [3.05, 3.63) is 39.6 Å². The second kappa shape index (κ2) is 7.51. The standard InChI is InChI=1S/C18H22ClN5OS/c1-5-18(3,23-24-20)13-9-22-17(12-8-21-16(19)6-11(12)13)25-14-7-15(26-4)10(14)2/h6,8-10,14-15H,5,7H2,1-4H3/t10-,14+,15-,18?/m1/s1. The van der Waals surface area contributed by atoms with Gasteiger partial charge in [0.1, 0.15) is 11.3 Å². The molecule has 0 radical (unpaired) electrons. The van der Waals surface area contributed by atoms with E-state index in [-0.39, 0.29) is 6.10 Å². The molecule has 0 saturated heterocycles. The third-order valence-corrected chi connectivity index (χ3v) is 6.87. The van der Waals surface area contributed by atoms with Crippen molar-refractivity contribution in [1.82, 2.24) is 9.97 Å². The van der Waals surface area contributed by atoms with Gasteiger partial charge in [-0.3, -0.25) is 0 Å². The molecule has 4 atom stereocenters. The highest BCUT2D eigenvalue weighted by atomic mass is 35.5. The Labute approximate surface area is 162 Å². The molecule has 3 rings (SSSR count). The lowest BCUT2D eigenvalue weighted by molar-refractivity contribution is 0.0622. The number of fused-ring (bicyclic) bond motifs is 1. The van der Waals surface area contributed by atoms with Gasteiger partial charge in [0.2, 0.25) is 5.88 Å². The molecule has 1 aliphatic carbocycles. The van der Waals surface area contributed by atoms with Crippen molar-refractivity contribution >= 4 is 34.1 Å². The Balaban J connectivity index is 2.06. The smallest absolute Gasteiger partial charge is 0.223 e. The average Bonchev–Trinajstić information content (AvgIpc) is 2.64. The molecule has 1 fully saturated rings. The molecule has 1 unspecified atom stereocenters. The number of aromatic nitrogens is 2. The van der Waals surface area contributed by atoms with Gasteiger partial charge in [-0.25, -0.2) is 9.97 Å². The fraction of sp³-hybridized carbons (Fsp3) is 0.556. The summed E-state index contributed by atoms with van der Waals surface area (Å²) in [5.41, 5.74) is 9.10. The van der Waals surface area contributed by atoms with Crippen LogP contribution in [-0.4, -0.2) is 27.6 Å². The average molecular weight is 392 g/mol. The summed E-state index contributed by atoms with van der Waals surface area (Å²) in [5.74, 6) is 1.04. The van der Waals surface area contributed by atoms with E-state index in [2.05, 4.69) is 33.2 Å². The van der Waals surface area contributed by atoms with Crippen LogP contribution >= 0.6 is 23.4 Å². The summed E-state index contributed by atoms with van der Waals surface area (Å²) in [4.78, 5) is 11.8. The van der Waals surface area contributed by atoms with E-state index in [1.165, 1.54) is 0 Å². The van der Waals surface area contributed by atoms with Crippen LogP contribution in [-0.2, 0) is 5.54 Å². The molecule has 0 aromatic carbocycles. The first-order valence-electron chi connectivity index (χ1n) is 8.64. The number of hydrogen-bond acceptors (Lipinski definition) is 5. The SMILES string of the molecule is CCC(C)(N=[N+]=[N-])c1cnc(O[C@H]2C[C@@H](SC)[C@@H]2C)c2cnc(Cl)cc12. The quantitative estimate of drug-likeness (QED) is 0.272. The normalized spacial score (nSPS) is 24.4. The summed E-state index contributed by atoms with van der Waals surface area (Å²) < 4.78 is 6.20. The maximum Gasteiger partial charge on any atom is 0.223 e. The topological polar surface area (TPSA) is 83.8 Å². The Morgan fingerprint density at radius 1 is 1.42 bits per heavy atom. The maximum absolute atomic E-state index is 8.98. The summed E-state index contributed by atoms with van der Waals surface area (Å²) in [5, 5.41) is 6.68. The Morgan fingerprint density at radius 2 is 2.19 bits per heavy atom. The molecule has 0 bridgehead atoms. The monoisotopic (exact) mass is 391 g/mol. The Bertz CT molecular complexity index is 872. The van der Waals surface area contributed by atoms with Crippen LogP contribution in [0.4, 0.5) is 0 Å². The highest BCUT2D eigenvalue weighted by molar-refractivity contribution is 7.99. The van der Waals surface area contributed by atoms with Crippen LogP contribution in [0.15, 0.2) is 23.6 Å². The highest BCUT2D eigenvalue weighted by Crippen LogP contribution is 2.41. The van der Waals surface area contributed by atoms with Gasteiger partial charge >= 0.3 is 0 Å². The Morgan fingerprint density at radius 3 is 2.81 bits per heavy atom. The second-order valence-electron chi connectivity index (χ2n) is 6.87. The van der Waals surface area contributed by atoms with Crippen molar-refractivity contribution in [2.24, 2.45) is 11.0 Å². The van der Waals surface area contributed by atoms with E-state index in [9.17, 15) is 0 Å². The van der Waals surface area contributed by atoms with Crippen molar-refractivity contribution in [2.45, 2.75) is 50.5 Å². The van der Waals surface area contributed by atoms with Crippen LogP contribution in [0.5, 0.6) is 5.88 Å².